The Morgan fingerprint density at radius 2 is 2.25 bits per heavy atom. The summed E-state index contributed by atoms with van der Waals surface area (Å²) in [5.41, 5.74) is -0.210. The van der Waals surface area contributed by atoms with E-state index >= 15 is 0 Å². The van der Waals surface area contributed by atoms with Crippen molar-refractivity contribution in [2.24, 2.45) is 0 Å². The summed E-state index contributed by atoms with van der Waals surface area (Å²) in [6.07, 6.45) is 5.40. The first-order valence-corrected chi connectivity index (χ1v) is 8.12. The second-order valence-electron chi connectivity index (χ2n) is 5.21. The number of carbonyl (C=O) groups is 1. The van der Waals surface area contributed by atoms with Gasteiger partial charge in [-0.25, -0.2) is 9.89 Å². The van der Waals surface area contributed by atoms with Crippen molar-refractivity contribution in [3.8, 4) is 0 Å². The summed E-state index contributed by atoms with van der Waals surface area (Å²) in [5.74, 6) is 0.0281. The van der Waals surface area contributed by atoms with E-state index in [1.165, 1.54) is 24.6 Å². The molecule has 1 saturated carbocycles. The molecule has 2 rings (SSSR count). The lowest BCUT2D eigenvalue weighted by Crippen LogP contribution is -2.37. The molecule has 20 heavy (non-hydrogen) atoms. The molecule has 1 aromatic rings. The van der Waals surface area contributed by atoms with E-state index in [1.807, 2.05) is 13.8 Å². The van der Waals surface area contributed by atoms with Gasteiger partial charge in [0.15, 0.2) is 5.16 Å². The number of rotatable bonds is 6. The molecule has 2 N–H and O–H groups in total. The molecule has 0 radical (unpaired) electrons. The fourth-order valence-corrected chi connectivity index (χ4v) is 3.31. The van der Waals surface area contributed by atoms with Gasteiger partial charge in [-0.15, -0.1) is 5.10 Å². The minimum Gasteiger partial charge on any atom is -0.352 e. The van der Waals surface area contributed by atoms with Crippen molar-refractivity contribution >= 4 is 17.7 Å². The molecule has 1 fully saturated rings. The molecule has 0 saturated heterocycles. The highest BCUT2D eigenvalue weighted by atomic mass is 32.2. The van der Waals surface area contributed by atoms with Crippen LogP contribution >= 0.6 is 11.8 Å². The molecule has 1 unspecified atom stereocenters. The van der Waals surface area contributed by atoms with Gasteiger partial charge in [0.1, 0.15) is 0 Å². The molecule has 0 aliphatic heterocycles. The molecule has 1 aliphatic rings. The van der Waals surface area contributed by atoms with Crippen LogP contribution in [0.1, 0.15) is 46.0 Å². The van der Waals surface area contributed by atoms with Crippen molar-refractivity contribution in [2.75, 3.05) is 0 Å². The Hall–Kier alpha value is -1.24. The molecule has 1 atom stereocenters. The van der Waals surface area contributed by atoms with Gasteiger partial charge in [-0.05, 0) is 26.2 Å². The minimum atomic E-state index is -0.249. The highest BCUT2D eigenvalue weighted by Crippen LogP contribution is 2.22. The van der Waals surface area contributed by atoms with E-state index in [1.54, 1.807) is 4.57 Å². The van der Waals surface area contributed by atoms with Crippen molar-refractivity contribution in [2.45, 2.75) is 68.9 Å². The number of hydrogen-bond donors (Lipinski definition) is 2. The zero-order valence-corrected chi connectivity index (χ0v) is 12.8. The van der Waals surface area contributed by atoms with E-state index in [0.717, 1.165) is 19.3 Å². The number of aromatic amines is 1. The van der Waals surface area contributed by atoms with Crippen molar-refractivity contribution in [3.05, 3.63) is 10.5 Å². The lowest BCUT2D eigenvalue weighted by molar-refractivity contribution is -0.120. The lowest BCUT2D eigenvalue weighted by Gasteiger charge is -2.16. The van der Waals surface area contributed by atoms with E-state index < -0.39 is 0 Å². The summed E-state index contributed by atoms with van der Waals surface area (Å²) in [6, 6.07) is 0.322. The average molecular weight is 298 g/mol. The van der Waals surface area contributed by atoms with Crippen LogP contribution in [0.5, 0.6) is 0 Å². The van der Waals surface area contributed by atoms with Crippen LogP contribution in [0.15, 0.2) is 9.95 Å². The molecule has 7 heteroatoms. The first-order chi connectivity index (χ1) is 9.61. The van der Waals surface area contributed by atoms with Gasteiger partial charge in [-0.3, -0.25) is 9.36 Å². The van der Waals surface area contributed by atoms with Gasteiger partial charge >= 0.3 is 5.69 Å². The maximum absolute atomic E-state index is 12.1. The van der Waals surface area contributed by atoms with E-state index in [-0.39, 0.29) is 16.8 Å². The number of H-pyrrole nitrogens is 1. The van der Waals surface area contributed by atoms with Gasteiger partial charge in [-0.1, -0.05) is 31.5 Å². The first-order valence-electron chi connectivity index (χ1n) is 7.24. The number of hydrogen-bond acceptors (Lipinski definition) is 4. The highest BCUT2D eigenvalue weighted by molar-refractivity contribution is 8.00. The molecule has 112 valence electrons. The second kappa shape index (κ2) is 6.97. The van der Waals surface area contributed by atoms with Gasteiger partial charge in [0.25, 0.3) is 0 Å². The van der Waals surface area contributed by atoms with Gasteiger partial charge in [-0.2, -0.15) is 0 Å². The standard InChI is InChI=1S/C13H22N4O2S/c1-3-8-17-12(19)15-16-13(17)20-9(2)11(18)14-10-6-4-5-7-10/h9-10H,3-8H2,1-2H3,(H,14,18)(H,15,19). The molecule has 6 nitrogen and oxygen atoms in total. The smallest absolute Gasteiger partial charge is 0.343 e. The van der Waals surface area contributed by atoms with Crippen LogP contribution in [0, 0.1) is 0 Å². The number of nitrogens with one attached hydrogen (secondary N) is 2. The third-order valence-corrected chi connectivity index (χ3v) is 4.61. The van der Waals surface area contributed by atoms with Crippen LogP contribution in [-0.4, -0.2) is 32.0 Å². The highest BCUT2D eigenvalue weighted by Gasteiger charge is 2.23. The third kappa shape index (κ3) is 3.65. The van der Waals surface area contributed by atoms with E-state index in [4.69, 9.17) is 0 Å². The molecule has 1 aliphatic carbocycles. The van der Waals surface area contributed by atoms with Crippen LogP contribution in [0.3, 0.4) is 0 Å². The van der Waals surface area contributed by atoms with Gasteiger partial charge in [0.2, 0.25) is 5.91 Å². The van der Waals surface area contributed by atoms with Crippen LogP contribution < -0.4 is 11.0 Å². The molecule has 0 aromatic carbocycles. The maximum atomic E-state index is 12.1. The zero-order valence-electron chi connectivity index (χ0n) is 12.0. The molecule has 0 spiro atoms. The molecule has 1 amide bonds. The lowest BCUT2D eigenvalue weighted by atomic mass is 10.2. The van der Waals surface area contributed by atoms with Crippen LogP contribution in [0.2, 0.25) is 0 Å². The largest absolute Gasteiger partial charge is 0.352 e. The second-order valence-corrected chi connectivity index (χ2v) is 6.52. The fourth-order valence-electron chi connectivity index (χ4n) is 2.41. The number of aromatic nitrogens is 3. The predicted molar refractivity (Wildman–Crippen MR) is 78.9 cm³/mol. The van der Waals surface area contributed by atoms with Crippen LogP contribution in [0.4, 0.5) is 0 Å². The Kier molecular flexibility index (Phi) is 5.28. The van der Waals surface area contributed by atoms with Crippen LogP contribution in [-0.2, 0) is 11.3 Å². The third-order valence-electron chi connectivity index (χ3n) is 3.52. The summed E-state index contributed by atoms with van der Waals surface area (Å²) >= 11 is 1.33. The normalized spacial score (nSPS) is 17.3. The summed E-state index contributed by atoms with van der Waals surface area (Å²) in [6.45, 7) is 4.48. The van der Waals surface area contributed by atoms with Crippen molar-refractivity contribution in [3.63, 3.8) is 0 Å². The summed E-state index contributed by atoms with van der Waals surface area (Å²) < 4.78 is 1.59. The zero-order chi connectivity index (χ0) is 14.5. The maximum Gasteiger partial charge on any atom is 0.343 e. The predicted octanol–water partition coefficient (Wildman–Crippen LogP) is 1.52. The summed E-state index contributed by atoms with van der Waals surface area (Å²) in [4.78, 5) is 23.7. The molecular weight excluding hydrogens is 276 g/mol. The van der Waals surface area contributed by atoms with E-state index in [2.05, 4.69) is 15.5 Å². The Labute approximate surface area is 122 Å². The number of amides is 1. The van der Waals surface area contributed by atoms with Gasteiger partial charge in [0, 0.05) is 12.6 Å². The Morgan fingerprint density at radius 1 is 1.55 bits per heavy atom. The number of carbonyl (C=O) groups excluding carboxylic acids is 1. The molecular formula is C13H22N4O2S. The molecule has 1 aromatic heterocycles. The minimum absolute atomic E-state index is 0.0281. The van der Waals surface area contributed by atoms with Crippen molar-refractivity contribution < 1.29 is 4.79 Å². The van der Waals surface area contributed by atoms with Gasteiger partial charge < -0.3 is 5.32 Å². The SMILES string of the molecule is CCCn1c(SC(C)C(=O)NC2CCCC2)n[nH]c1=O. The first kappa shape index (κ1) is 15.2. The Morgan fingerprint density at radius 3 is 2.90 bits per heavy atom. The Balaban J connectivity index is 1.94. The van der Waals surface area contributed by atoms with E-state index in [0.29, 0.717) is 17.7 Å². The average Bonchev–Trinajstić information content (AvgIpc) is 3.03. The number of nitrogens with zero attached hydrogens (tertiary/aromatic N) is 2. The molecule has 1 heterocycles. The van der Waals surface area contributed by atoms with Crippen molar-refractivity contribution in [1.29, 1.82) is 0 Å². The summed E-state index contributed by atoms with van der Waals surface area (Å²) in [5, 5.41) is 9.85. The molecule has 0 bridgehead atoms. The van der Waals surface area contributed by atoms with Crippen LogP contribution in [0.25, 0.3) is 0 Å². The quantitative estimate of drug-likeness (QED) is 0.780. The fraction of sp³-hybridized carbons (Fsp3) is 0.769. The summed E-state index contributed by atoms with van der Waals surface area (Å²) in [7, 11) is 0. The van der Waals surface area contributed by atoms with E-state index in [9.17, 15) is 9.59 Å². The topological polar surface area (TPSA) is 79.8 Å². The number of thioether (sulfide) groups is 1. The monoisotopic (exact) mass is 298 g/mol. The van der Waals surface area contributed by atoms with Crippen molar-refractivity contribution in [1.82, 2.24) is 20.1 Å². The van der Waals surface area contributed by atoms with Gasteiger partial charge in [0.05, 0.1) is 5.25 Å². The Bertz CT molecular complexity index is 505.